The fourth-order valence-electron chi connectivity index (χ4n) is 1.46. The van der Waals surface area contributed by atoms with E-state index in [0.717, 1.165) is 11.5 Å². The zero-order chi connectivity index (χ0) is 10.8. The Bertz CT molecular complexity index is 462. The van der Waals surface area contributed by atoms with Gasteiger partial charge in [-0.3, -0.25) is 0 Å². The van der Waals surface area contributed by atoms with E-state index in [-0.39, 0.29) is 0 Å². The zero-order valence-electron chi connectivity index (χ0n) is 8.68. The molecule has 4 heteroatoms. The maximum atomic E-state index is 5.84. The maximum absolute atomic E-state index is 5.84. The SMILES string of the molecule is CC(C)c1ccnn1-c1cccc(Cl)n1. The van der Waals surface area contributed by atoms with E-state index < -0.39 is 0 Å². The molecule has 0 spiro atoms. The van der Waals surface area contributed by atoms with Crippen LogP contribution in [-0.4, -0.2) is 14.8 Å². The Kier molecular flexibility index (Phi) is 2.73. The second kappa shape index (κ2) is 4.03. The summed E-state index contributed by atoms with van der Waals surface area (Å²) in [5, 5.41) is 4.73. The monoisotopic (exact) mass is 221 g/mol. The molecule has 0 saturated heterocycles. The van der Waals surface area contributed by atoms with Gasteiger partial charge in [-0.05, 0) is 24.1 Å². The number of rotatable bonds is 2. The van der Waals surface area contributed by atoms with Crippen molar-refractivity contribution in [2.75, 3.05) is 0 Å². The number of nitrogens with zero attached hydrogens (tertiary/aromatic N) is 3. The molecule has 78 valence electrons. The molecule has 0 bridgehead atoms. The highest BCUT2D eigenvalue weighted by Gasteiger charge is 2.09. The Balaban J connectivity index is 2.49. The van der Waals surface area contributed by atoms with Crippen LogP contribution in [0.15, 0.2) is 30.5 Å². The molecule has 0 amide bonds. The van der Waals surface area contributed by atoms with Crippen molar-refractivity contribution in [3.63, 3.8) is 0 Å². The summed E-state index contributed by atoms with van der Waals surface area (Å²) in [6.07, 6.45) is 1.78. The highest BCUT2D eigenvalue weighted by atomic mass is 35.5. The fourth-order valence-corrected chi connectivity index (χ4v) is 1.62. The lowest BCUT2D eigenvalue weighted by Crippen LogP contribution is -2.05. The van der Waals surface area contributed by atoms with E-state index in [4.69, 9.17) is 11.6 Å². The molecular formula is C11H12ClN3. The van der Waals surface area contributed by atoms with Crippen LogP contribution in [0.1, 0.15) is 25.5 Å². The summed E-state index contributed by atoms with van der Waals surface area (Å²) in [6, 6.07) is 7.51. The summed E-state index contributed by atoms with van der Waals surface area (Å²) in [7, 11) is 0. The molecule has 0 aromatic carbocycles. The first-order valence-electron chi connectivity index (χ1n) is 4.85. The number of aromatic nitrogens is 3. The van der Waals surface area contributed by atoms with Gasteiger partial charge in [0.2, 0.25) is 0 Å². The highest BCUT2D eigenvalue weighted by molar-refractivity contribution is 6.29. The number of pyridine rings is 1. The van der Waals surface area contributed by atoms with Crippen molar-refractivity contribution in [3.05, 3.63) is 41.3 Å². The number of hydrogen-bond acceptors (Lipinski definition) is 2. The van der Waals surface area contributed by atoms with Crippen LogP contribution in [0.3, 0.4) is 0 Å². The summed E-state index contributed by atoms with van der Waals surface area (Å²) in [4.78, 5) is 4.22. The summed E-state index contributed by atoms with van der Waals surface area (Å²) in [5.41, 5.74) is 1.13. The quantitative estimate of drug-likeness (QED) is 0.730. The van der Waals surface area contributed by atoms with Crippen LogP contribution >= 0.6 is 11.6 Å². The van der Waals surface area contributed by atoms with Gasteiger partial charge in [-0.2, -0.15) is 5.10 Å². The van der Waals surface area contributed by atoms with Crippen LogP contribution in [0.4, 0.5) is 0 Å². The fraction of sp³-hybridized carbons (Fsp3) is 0.273. The van der Waals surface area contributed by atoms with Crippen LogP contribution in [0.5, 0.6) is 0 Å². The van der Waals surface area contributed by atoms with E-state index >= 15 is 0 Å². The van der Waals surface area contributed by atoms with E-state index in [1.54, 1.807) is 12.3 Å². The molecular weight excluding hydrogens is 210 g/mol. The Morgan fingerprint density at radius 1 is 1.27 bits per heavy atom. The van der Waals surface area contributed by atoms with Crippen LogP contribution < -0.4 is 0 Å². The Morgan fingerprint density at radius 3 is 2.73 bits per heavy atom. The zero-order valence-corrected chi connectivity index (χ0v) is 9.44. The van der Waals surface area contributed by atoms with Gasteiger partial charge in [-0.15, -0.1) is 0 Å². The van der Waals surface area contributed by atoms with Gasteiger partial charge in [0.1, 0.15) is 5.15 Å². The molecule has 2 aromatic heterocycles. The van der Waals surface area contributed by atoms with E-state index in [1.165, 1.54) is 0 Å². The van der Waals surface area contributed by atoms with Crippen LogP contribution in [0, 0.1) is 0 Å². The molecule has 0 N–H and O–H groups in total. The van der Waals surface area contributed by atoms with Gasteiger partial charge in [0, 0.05) is 11.9 Å². The first-order valence-corrected chi connectivity index (χ1v) is 5.23. The molecule has 0 fully saturated rings. The Morgan fingerprint density at radius 2 is 2.07 bits per heavy atom. The maximum Gasteiger partial charge on any atom is 0.155 e. The molecule has 0 atom stereocenters. The minimum atomic E-state index is 0.410. The summed E-state index contributed by atoms with van der Waals surface area (Å²) >= 11 is 5.84. The molecule has 3 nitrogen and oxygen atoms in total. The first-order chi connectivity index (χ1) is 7.18. The van der Waals surface area contributed by atoms with Crippen molar-refractivity contribution in [2.45, 2.75) is 19.8 Å². The molecule has 0 aliphatic heterocycles. The van der Waals surface area contributed by atoms with Crippen LogP contribution in [-0.2, 0) is 0 Å². The third-order valence-corrected chi connectivity index (χ3v) is 2.39. The smallest absolute Gasteiger partial charge is 0.155 e. The average Bonchev–Trinajstić information content (AvgIpc) is 2.65. The molecule has 0 saturated carbocycles. The van der Waals surface area contributed by atoms with Crippen molar-refractivity contribution < 1.29 is 0 Å². The van der Waals surface area contributed by atoms with Crippen molar-refractivity contribution in [1.82, 2.24) is 14.8 Å². The highest BCUT2D eigenvalue weighted by Crippen LogP contribution is 2.17. The molecule has 0 aliphatic carbocycles. The van der Waals surface area contributed by atoms with Crippen molar-refractivity contribution in [1.29, 1.82) is 0 Å². The van der Waals surface area contributed by atoms with Crippen molar-refractivity contribution in [2.24, 2.45) is 0 Å². The van der Waals surface area contributed by atoms with Gasteiger partial charge in [-0.25, -0.2) is 9.67 Å². The normalized spacial score (nSPS) is 10.9. The average molecular weight is 222 g/mol. The largest absolute Gasteiger partial charge is 0.219 e. The summed E-state index contributed by atoms with van der Waals surface area (Å²) in [6.45, 7) is 4.25. The van der Waals surface area contributed by atoms with Gasteiger partial charge in [0.15, 0.2) is 5.82 Å². The summed E-state index contributed by atoms with van der Waals surface area (Å²) < 4.78 is 1.82. The van der Waals surface area contributed by atoms with Gasteiger partial charge in [0.05, 0.1) is 0 Å². The molecule has 2 aromatic rings. The lowest BCUT2D eigenvalue weighted by atomic mass is 10.1. The minimum absolute atomic E-state index is 0.410. The topological polar surface area (TPSA) is 30.7 Å². The molecule has 0 unspecified atom stereocenters. The van der Waals surface area contributed by atoms with Gasteiger partial charge in [0.25, 0.3) is 0 Å². The predicted octanol–water partition coefficient (Wildman–Crippen LogP) is 3.04. The lowest BCUT2D eigenvalue weighted by Gasteiger charge is -2.08. The van der Waals surface area contributed by atoms with Crippen LogP contribution in [0.25, 0.3) is 5.82 Å². The standard InChI is InChI=1S/C11H12ClN3/c1-8(2)9-6-7-13-15(9)11-5-3-4-10(12)14-11/h3-8H,1-2H3. The van der Waals surface area contributed by atoms with Gasteiger partial charge >= 0.3 is 0 Å². The Labute approximate surface area is 93.7 Å². The van der Waals surface area contributed by atoms with E-state index in [0.29, 0.717) is 11.1 Å². The van der Waals surface area contributed by atoms with E-state index in [1.807, 2.05) is 22.9 Å². The van der Waals surface area contributed by atoms with Gasteiger partial charge in [-0.1, -0.05) is 31.5 Å². The van der Waals surface area contributed by atoms with Crippen LogP contribution in [0.2, 0.25) is 5.15 Å². The minimum Gasteiger partial charge on any atom is -0.219 e. The predicted molar refractivity (Wildman–Crippen MR) is 60.5 cm³/mol. The molecule has 2 rings (SSSR count). The van der Waals surface area contributed by atoms with E-state index in [2.05, 4.69) is 23.9 Å². The lowest BCUT2D eigenvalue weighted by molar-refractivity contribution is 0.721. The first kappa shape index (κ1) is 10.2. The second-order valence-electron chi connectivity index (χ2n) is 3.64. The number of hydrogen-bond donors (Lipinski definition) is 0. The van der Waals surface area contributed by atoms with Gasteiger partial charge < -0.3 is 0 Å². The summed E-state index contributed by atoms with van der Waals surface area (Å²) in [5.74, 6) is 1.17. The molecule has 2 heterocycles. The third-order valence-electron chi connectivity index (χ3n) is 2.18. The molecule has 0 aliphatic rings. The number of halogens is 1. The van der Waals surface area contributed by atoms with Crippen molar-refractivity contribution >= 4 is 11.6 Å². The van der Waals surface area contributed by atoms with E-state index in [9.17, 15) is 0 Å². The third kappa shape index (κ3) is 2.02. The molecule has 15 heavy (non-hydrogen) atoms. The van der Waals surface area contributed by atoms with Crippen molar-refractivity contribution in [3.8, 4) is 5.82 Å². The Hall–Kier alpha value is -1.35. The molecule has 0 radical (unpaired) electrons. The second-order valence-corrected chi connectivity index (χ2v) is 4.03.